The van der Waals surface area contributed by atoms with Crippen LogP contribution in [0.4, 0.5) is 5.13 Å². The number of hydrogen-bond donors (Lipinski definition) is 1. The van der Waals surface area contributed by atoms with Crippen molar-refractivity contribution in [2.24, 2.45) is 0 Å². The zero-order valence-electron chi connectivity index (χ0n) is 9.32. The van der Waals surface area contributed by atoms with Crippen LogP contribution in [0.25, 0.3) is 0 Å². The maximum atomic E-state index is 12.1. The minimum absolute atomic E-state index is 0.141. The zero-order valence-corrected chi connectivity index (χ0v) is 11.0. The van der Waals surface area contributed by atoms with Crippen LogP contribution in [0, 0.1) is 0 Å². The summed E-state index contributed by atoms with van der Waals surface area (Å²) < 4.78 is 24.1. The predicted octanol–water partition coefficient (Wildman–Crippen LogP) is 1.33. The van der Waals surface area contributed by atoms with Gasteiger partial charge < -0.3 is 5.32 Å². The lowest BCUT2D eigenvalue weighted by atomic mass is 10.4. The third-order valence-corrected chi connectivity index (χ3v) is 4.95. The van der Waals surface area contributed by atoms with E-state index in [1.54, 1.807) is 18.2 Å². The molecule has 0 fully saturated rings. The van der Waals surface area contributed by atoms with Gasteiger partial charge in [0.1, 0.15) is 0 Å². The third-order valence-electron chi connectivity index (χ3n) is 1.97. The Labute approximate surface area is 108 Å². The van der Waals surface area contributed by atoms with Crippen LogP contribution in [0.2, 0.25) is 0 Å². The topological polar surface area (TPSA) is 89.0 Å². The molecule has 1 amide bonds. The van der Waals surface area contributed by atoms with Crippen molar-refractivity contribution in [1.29, 1.82) is 0 Å². The maximum Gasteiger partial charge on any atom is 0.239 e. The van der Waals surface area contributed by atoms with Crippen LogP contribution >= 0.6 is 11.3 Å². The molecule has 0 aliphatic rings. The average molecular weight is 283 g/mol. The summed E-state index contributed by atoms with van der Waals surface area (Å²) in [5.74, 6) is -0.324. The first-order chi connectivity index (χ1) is 8.50. The van der Waals surface area contributed by atoms with Gasteiger partial charge in [0.05, 0.1) is 4.90 Å². The summed E-state index contributed by atoms with van der Waals surface area (Å²) in [6.07, 6.45) is 0. The third kappa shape index (κ3) is 2.54. The Morgan fingerprint density at radius 1 is 1.22 bits per heavy atom. The number of nitrogens with zero attached hydrogens (tertiary/aromatic N) is 2. The highest BCUT2D eigenvalue weighted by molar-refractivity contribution is 7.93. The van der Waals surface area contributed by atoms with Crippen LogP contribution in [0.3, 0.4) is 0 Å². The fraction of sp³-hybridized carbons (Fsp3) is 0.100. The first-order valence-electron chi connectivity index (χ1n) is 4.91. The molecule has 1 aromatic heterocycles. The van der Waals surface area contributed by atoms with Crippen LogP contribution < -0.4 is 5.32 Å². The monoisotopic (exact) mass is 283 g/mol. The molecule has 2 aromatic rings. The summed E-state index contributed by atoms with van der Waals surface area (Å²) in [5, 5.41) is 9.74. The van der Waals surface area contributed by atoms with Crippen molar-refractivity contribution in [2.75, 3.05) is 5.32 Å². The molecule has 0 atom stereocenters. The fourth-order valence-corrected chi connectivity index (χ4v) is 3.57. The van der Waals surface area contributed by atoms with Gasteiger partial charge in [-0.05, 0) is 12.1 Å². The van der Waals surface area contributed by atoms with Crippen LogP contribution in [-0.2, 0) is 14.6 Å². The van der Waals surface area contributed by atoms with Gasteiger partial charge in [-0.2, -0.15) is 0 Å². The maximum absolute atomic E-state index is 12.1. The molecule has 8 heteroatoms. The molecular formula is C10H9N3O3S2. The number of sulfone groups is 1. The van der Waals surface area contributed by atoms with Gasteiger partial charge in [0.25, 0.3) is 0 Å². The minimum Gasteiger partial charge on any atom is -0.301 e. The van der Waals surface area contributed by atoms with Crippen molar-refractivity contribution in [3.63, 3.8) is 0 Å². The first-order valence-corrected chi connectivity index (χ1v) is 7.21. The van der Waals surface area contributed by atoms with Gasteiger partial charge in [-0.15, -0.1) is 10.2 Å². The molecule has 0 saturated carbocycles. The first kappa shape index (κ1) is 12.7. The number of carbonyl (C=O) groups is 1. The van der Waals surface area contributed by atoms with Crippen LogP contribution in [0.15, 0.2) is 39.6 Å². The Kier molecular flexibility index (Phi) is 3.39. The lowest BCUT2D eigenvalue weighted by Crippen LogP contribution is -2.04. The van der Waals surface area contributed by atoms with Gasteiger partial charge in [-0.3, -0.25) is 4.79 Å². The van der Waals surface area contributed by atoms with E-state index >= 15 is 0 Å². The van der Waals surface area contributed by atoms with E-state index in [1.807, 2.05) is 0 Å². The van der Waals surface area contributed by atoms with Crippen molar-refractivity contribution in [3.05, 3.63) is 30.3 Å². The van der Waals surface area contributed by atoms with Crippen molar-refractivity contribution in [1.82, 2.24) is 10.2 Å². The molecule has 1 heterocycles. The normalized spacial score (nSPS) is 11.2. The number of amides is 1. The molecule has 6 nitrogen and oxygen atoms in total. The van der Waals surface area contributed by atoms with Crippen LogP contribution in [0.1, 0.15) is 6.92 Å². The van der Waals surface area contributed by atoms with Crippen molar-refractivity contribution >= 4 is 32.2 Å². The van der Waals surface area contributed by atoms with Crippen molar-refractivity contribution in [2.45, 2.75) is 16.2 Å². The van der Waals surface area contributed by atoms with E-state index in [0.29, 0.717) is 0 Å². The SMILES string of the molecule is CC(=O)Nc1nnc(S(=O)(=O)c2ccccc2)s1. The summed E-state index contributed by atoms with van der Waals surface area (Å²) in [7, 11) is -3.66. The van der Waals surface area contributed by atoms with Crippen molar-refractivity contribution in [3.8, 4) is 0 Å². The molecule has 2 rings (SSSR count). The lowest BCUT2D eigenvalue weighted by Gasteiger charge is -1.98. The van der Waals surface area contributed by atoms with Gasteiger partial charge in [-0.25, -0.2) is 8.42 Å². The molecule has 0 unspecified atom stereocenters. The quantitative estimate of drug-likeness (QED) is 0.858. The summed E-state index contributed by atoms with van der Waals surface area (Å²) in [5.41, 5.74) is 0. The van der Waals surface area contributed by atoms with Crippen LogP contribution in [0.5, 0.6) is 0 Å². The minimum atomic E-state index is -3.66. The Balaban J connectivity index is 2.37. The highest BCUT2D eigenvalue weighted by atomic mass is 32.2. The summed E-state index contributed by atoms with van der Waals surface area (Å²) in [6.45, 7) is 1.31. The average Bonchev–Trinajstić information content (AvgIpc) is 2.78. The second kappa shape index (κ2) is 4.83. The summed E-state index contributed by atoms with van der Waals surface area (Å²) >= 11 is 0.821. The van der Waals surface area contributed by atoms with E-state index in [0.717, 1.165) is 11.3 Å². The van der Waals surface area contributed by atoms with Gasteiger partial charge in [0.2, 0.25) is 25.2 Å². The summed E-state index contributed by atoms with van der Waals surface area (Å²) in [4.78, 5) is 11.0. The summed E-state index contributed by atoms with van der Waals surface area (Å²) in [6, 6.07) is 7.94. The lowest BCUT2D eigenvalue weighted by molar-refractivity contribution is -0.114. The number of benzene rings is 1. The van der Waals surface area contributed by atoms with E-state index in [2.05, 4.69) is 15.5 Å². The number of hydrogen-bond acceptors (Lipinski definition) is 6. The smallest absolute Gasteiger partial charge is 0.239 e. The zero-order chi connectivity index (χ0) is 13.2. The standard InChI is InChI=1S/C10H9N3O3S2/c1-7(14)11-9-12-13-10(17-9)18(15,16)8-5-3-2-4-6-8/h2-6H,1H3,(H,11,12,14). The molecule has 0 aliphatic carbocycles. The molecule has 1 N–H and O–H groups in total. The molecule has 0 radical (unpaired) electrons. The molecule has 0 bridgehead atoms. The van der Waals surface area contributed by atoms with Crippen LogP contribution in [-0.4, -0.2) is 24.5 Å². The van der Waals surface area contributed by atoms with E-state index < -0.39 is 9.84 Å². The Bertz CT molecular complexity index is 665. The van der Waals surface area contributed by atoms with Gasteiger partial charge in [-0.1, -0.05) is 29.5 Å². The Morgan fingerprint density at radius 2 is 1.89 bits per heavy atom. The molecule has 1 aromatic carbocycles. The highest BCUT2D eigenvalue weighted by Crippen LogP contribution is 2.25. The Morgan fingerprint density at radius 3 is 2.50 bits per heavy atom. The highest BCUT2D eigenvalue weighted by Gasteiger charge is 2.22. The van der Waals surface area contributed by atoms with Gasteiger partial charge >= 0.3 is 0 Å². The van der Waals surface area contributed by atoms with E-state index in [4.69, 9.17) is 0 Å². The molecule has 18 heavy (non-hydrogen) atoms. The number of anilines is 1. The second-order valence-electron chi connectivity index (χ2n) is 3.37. The molecule has 0 saturated heterocycles. The van der Waals surface area contributed by atoms with Gasteiger partial charge in [0, 0.05) is 6.92 Å². The fourth-order valence-electron chi connectivity index (χ4n) is 1.22. The van der Waals surface area contributed by atoms with E-state index in [-0.39, 0.29) is 20.3 Å². The molecule has 94 valence electrons. The van der Waals surface area contributed by atoms with E-state index in [1.165, 1.54) is 19.1 Å². The molecule has 0 spiro atoms. The number of aromatic nitrogens is 2. The second-order valence-corrected chi connectivity index (χ2v) is 6.47. The largest absolute Gasteiger partial charge is 0.301 e. The Hall–Kier alpha value is -1.80. The number of rotatable bonds is 3. The molecule has 0 aliphatic heterocycles. The van der Waals surface area contributed by atoms with E-state index in [9.17, 15) is 13.2 Å². The number of nitrogens with one attached hydrogen (secondary N) is 1. The molecular weight excluding hydrogens is 274 g/mol. The van der Waals surface area contributed by atoms with Crippen molar-refractivity contribution < 1.29 is 13.2 Å². The van der Waals surface area contributed by atoms with Gasteiger partial charge in [0.15, 0.2) is 0 Å². The predicted molar refractivity (Wildman–Crippen MR) is 66.1 cm³/mol. The number of carbonyl (C=O) groups excluding carboxylic acids is 1.